The van der Waals surface area contributed by atoms with E-state index >= 15 is 0 Å². The smallest absolute Gasteiger partial charge is 0.326 e. The number of carbonyl (C=O) groups excluding carboxylic acids is 2. The molecule has 10 nitrogen and oxygen atoms in total. The molecule has 2 aromatic carbocycles. The number of nitrogens with one attached hydrogen (secondary N) is 2. The maximum absolute atomic E-state index is 12.1. The lowest BCUT2D eigenvalue weighted by Gasteiger charge is -2.08. The summed E-state index contributed by atoms with van der Waals surface area (Å²) in [5, 5.41) is 23.1. The van der Waals surface area contributed by atoms with Crippen LogP contribution in [0.25, 0.3) is 0 Å². The Morgan fingerprint density at radius 2 is 1.72 bits per heavy atom. The molecule has 11 heteroatoms. The lowest BCUT2D eigenvalue weighted by Crippen LogP contribution is -2.34. The van der Waals surface area contributed by atoms with Gasteiger partial charge in [0, 0.05) is 17.8 Å². The number of nitro groups is 1. The van der Waals surface area contributed by atoms with Gasteiger partial charge >= 0.3 is 6.03 Å². The molecule has 3 aromatic rings. The highest BCUT2D eigenvalue weighted by molar-refractivity contribution is 9.10. The molecule has 0 fully saturated rings. The second-order valence-corrected chi connectivity index (χ2v) is 6.32. The van der Waals surface area contributed by atoms with Gasteiger partial charge in [0.05, 0.1) is 4.92 Å². The van der Waals surface area contributed by atoms with E-state index in [9.17, 15) is 19.7 Å². The van der Waals surface area contributed by atoms with E-state index < -0.39 is 22.5 Å². The van der Waals surface area contributed by atoms with Gasteiger partial charge < -0.3 is 10.1 Å². The Balaban J connectivity index is 1.60. The number of ether oxygens (including phenoxy) is 1. The van der Waals surface area contributed by atoms with E-state index in [1.54, 1.807) is 36.4 Å². The number of benzene rings is 2. The topological polar surface area (TPSA) is 136 Å². The molecule has 146 valence electrons. The number of anilines is 1. The van der Waals surface area contributed by atoms with E-state index in [0.717, 1.165) is 0 Å². The molecule has 0 bridgehead atoms. The predicted octanol–water partition coefficient (Wildman–Crippen LogP) is 3.90. The van der Waals surface area contributed by atoms with Crippen molar-refractivity contribution in [1.29, 1.82) is 0 Å². The van der Waals surface area contributed by atoms with Crippen LogP contribution < -0.4 is 15.4 Å². The molecule has 1 aromatic heterocycles. The van der Waals surface area contributed by atoms with Crippen LogP contribution >= 0.6 is 15.9 Å². The van der Waals surface area contributed by atoms with Crippen LogP contribution in [-0.2, 0) is 0 Å². The van der Waals surface area contributed by atoms with E-state index in [0.29, 0.717) is 21.9 Å². The fourth-order valence-corrected chi connectivity index (χ4v) is 2.45. The molecule has 0 radical (unpaired) electrons. The summed E-state index contributed by atoms with van der Waals surface area (Å²) in [6.07, 6.45) is 0. The Hall–Kier alpha value is -3.86. The molecule has 2 N–H and O–H groups in total. The zero-order chi connectivity index (χ0) is 20.8. The second-order valence-electron chi connectivity index (χ2n) is 5.50. The summed E-state index contributed by atoms with van der Waals surface area (Å²) in [5.74, 6) is -0.131. The van der Waals surface area contributed by atoms with Crippen molar-refractivity contribution in [1.82, 2.24) is 15.5 Å². The number of hydrogen-bond donors (Lipinski definition) is 2. The summed E-state index contributed by atoms with van der Waals surface area (Å²) in [4.78, 5) is 34.4. The van der Waals surface area contributed by atoms with Gasteiger partial charge in [0.1, 0.15) is 15.9 Å². The minimum Gasteiger partial charge on any atom is -0.438 e. The van der Waals surface area contributed by atoms with Crippen LogP contribution in [0.2, 0.25) is 0 Å². The number of nitrogens with zero attached hydrogens (tertiary/aromatic N) is 3. The zero-order valence-electron chi connectivity index (χ0n) is 14.5. The second kappa shape index (κ2) is 8.89. The molecular weight excluding hydrogens is 446 g/mol. The molecule has 0 unspecified atom stereocenters. The average molecular weight is 458 g/mol. The zero-order valence-corrected chi connectivity index (χ0v) is 16.1. The van der Waals surface area contributed by atoms with Crippen molar-refractivity contribution < 1.29 is 19.2 Å². The summed E-state index contributed by atoms with van der Waals surface area (Å²) < 4.78 is 6.09. The number of urea groups is 1. The van der Waals surface area contributed by atoms with Gasteiger partial charge in [-0.15, -0.1) is 10.2 Å². The SMILES string of the molecule is O=C(NC(=O)c1ccccc1[N+](=O)[O-])Nc1ccc(Oc2ccc(Br)nn2)cc1. The fourth-order valence-electron chi connectivity index (χ4n) is 2.24. The van der Waals surface area contributed by atoms with Gasteiger partial charge in [0.15, 0.2) is 0 Å². The molecule has 29 heavy (non-hydrogen) atoms. The Morgan fingerprint density at radius 1 is 1.00 bits per heavy atom. The summed E-state index contributed by atoms with van der Waals surface area (Å²) in [6.45, 7) is 0. The molecule has 0 spiro atoms. The third-order valence-corrected chi connectivity index (χ3v) is 3.94. The summed E-state index contributed by atoms with van der Waals surface area (Å²) in [5.41, 5.74) is -0.227. The Kier molecular flexibility index (Phi) is 6.09. The van der Waals surface area contributed by atoms with E-state index in [2.05, 4.69) is 36.8 Å². The first-order valence-corrected chi connectivity index (χ1v) is 8.84. The van der Waals surface area contributed by atoms with Crippen molar-refractivity contribution >= 4 is 39.2 Å². The van der Waals surface area contributed by atoms with Gasteiger partial charge in [0.2, 0.25) is 5.88 Å². The number of amides is 3. The fraction of sp³-hybridized carbons (Fsp3) is 0. The standard InChI is InChI=1S/C18H12BrN5O5/c19-15-9-10-16(23-22-15)29-12-7-5-11(6-8-12)20-18(26)21-17(25)13-3-1-2-4-14(13)24(27)28/h1-10H,(H2,20,21,25,26). The van der Waals surface area contributed by atoms with Crippen molar-refractivity contribution in [2.24, 2.45) is 0 Å². The molecule has 0 saturated carbocycles. The van der Waals surface area contributed by atoms with E-state index in [1.165, 1.54) is 24.3 Å². The van der Waals surface area contributed by atoms with Crippen LogP contribution in [0.4, 0.5) is 16.2 Å². The third-order valence-electron chi connectivity index (χ3n) is 3.51. The van der Waals surface area contributed by atoms with Crippen LogP contribution in [0, 0.1) is 10.1 Å². The highest BCUT2D eigenvalue weighted by atomic mass is 79.9. The third kappa shape index (κ3) is 5.32. The van der Waals surface area contributed by atoms with Gasteiger partial charge in [-0.3, -0.25) is 20.2 Å². The van der Waals surface area contributed by atoms with E-state index in [1.807, 2.05) is 0 Å². The first kappa shape index (κ1) is 19.9. The minimum atomic E-state index is -0.886. The Morgan fingerprint density at radius 3 is 2.38 bits per heavy atom. The molecule has 0 aliphatic heterocycles. The van der Waals surface area contributed by atoms with Gasteiger partial charge in [0.25, 0.3) is 11.6 Å². The van der Waals surface area contributed by atoms with Crippen molar-refractivity contribution in [3.05, 3.63) is 80.9 Å². The quantitative estimate of drug-likeness (QED) is 0.437. The Bertz CT molecular complexity index is 1060. The van der Waals surface area contributed by atoms with Gasteiger partial charge in [-0.25, -0.2) is 4.79 Å². The maximum Gasteiger partial charge on any atom is 0.326 e. The largest absolute Gasteiger partial charge is 0.438 e. The normalized spacial score (nSPS) is 10.1. The number of nitro benzene ring substituents is 1. The number of carbonyl (C=O) groups is 2. The summed E-state index contributed by atoms with van der Waals surface area (Å²) in [6, 6.07) is 14.1. The number of halogens is 1. The van der Waals surface area contributed by atoms with Crippen LogP contribution in [0.5, 0.6) is 11.6 Å². The number of aromatic nitrogens is 2. The molecular formula is C18H12BrN5O5. The van der Waals surface area contributed by atoms with Crippen molar-refractivity contribution in [3.8, 4) is 11.6 Å². The summed E-state index contributed by atoms with van der Waals surface area (Å²) in [7, 11) is 0. The molecule has 3 rings (SSSR count). The highest BCUT2D eigenvalue weighted by Gasteiger charge is 2.20. The van der Waals surface area contributed by atoms with Crippen molar-refractivity contribution in [3.63, 3.8) is 0 Å². The average Bonchev–Trinajstić information content (AvgIpc) is 2.71. The molecule has 0 aliphatic carbocycles. The Labute approximate surface area is 172 Å². The molecule has 0 aliphatic rings. The van der Waals surface area contributed by atoms with E-state index in [-0.39, 0.29) is 5.56 Å². The molecule has 0 atom stereocenters. The van der Waals surface area contributed by atoms with Crippen molar-refractivity contribution in [2.75, 3.05) is 5.32 Å². The van der Waals surface area contributed by atoms with Gasteiger partial charge in [-0.05, 0) is 52.3 Å². The monoisotopic (exact) mass is 457 g/mol. The lowest BCUT2D eigenvalue weighted by molar-refractivity contribution is -0.385. The molecule has 3 amide bonds. The highest BCUT2D eigenvalue weighted by Crippen LogP contribution is 2.22. The number of imide groups is 1. The number of hydrogen-bond acceptors (Lipinski definition) is 7. The summed E-state index contributed by atoms with van der Waals surface area (Å²) >= 11 is 3.17. The van der Waals surface area contributed by atoms with Gasteiger partial charge in [-0.2, -0.15) is 0 Å². The van der Waals surface area contributed by atoms with Crippen LogP contribution in [0.3, 0.4) is 0 Å². The lowest BCUT2D eigenvalue weighted by atomic mass is 10.1. The molecule has 1 heterocycles. The predicted molar refractivity (Wildman–Crippen MR) is 106 cm³/mol. The maximum atomic E-state index is 12.1. The van der Waals surface area contributed by atoms with Crippen LogP contribution in [-0.4, -0.2) is 27.1 Å². The van der Waals surface area contributed by atoms with Crippen molar-refractivity contribution in [2.45, 2.75) is 0 Å². The van der Waals surface area contributed by atoms with Crippen LogP contribution in [0.1, 0.15) is 10.4 Å². The van der Waals surface area contributed by atoms with Crippen LogP contribution in [0.15, 0.2) is 65.3 Å². The first-order valence-electron chi connectivity index (χ1n) is 8.05. The molecule has 0 saturated heterocycles. The minimum absolute atomic E-state index is 0.216. The van der Waals surface area contributed by atoms with Gasteiger partial charge in [-0.1, -0.05) is 12.1 Å². The number of para-hydroxylation sites is 1. The number of rotatable bonds is 5. The first-order chi connectivity index (χ1) is 13.9. The van der Waals surface area contributed by atoms with E-state index in [4.69, 9.17) is 4.74 Å².